The summed E-state index contributed by atoms with van der Waals surface area (Å²) < 4.78 is 5.95. The average molecular weight is 283 g/mol. The van der Waals surface area contributed by atoms with Crippen molar-refractivity contribution in [1.29, 1.82) is 0 Å². The smallest absolute Gasteiger partial charge is 0.145 e. The Hall–Kier alpha value is -0.620. The van der Waals surface area contributed by atoms with Gasteiger partial charge < -0.3 is 14.7 Å². The number of thioether (sulfide) groups is 1. The summed E-state index contributed by atoms with van der Waals surface area (Å²) >= 11 is 6.82. The Morgan fingerprint density at radius 3 is 2.67 bits per heavy atom. The van der Waals surface area contributed by atoms with Crippen LogP contribution in [0.3, 0.4) is 0 Å². The monoisotopic (exact) mass is 283 g/mol. The van der Waals surface area contributed by atoms with Gasteiger partial charge in [-0.15, -0.1) is 0 Å². The topological polar surface area (TPSA) is 32.7 Å². The predicted molar refractivity (Wildman–Crippen MR) is 78.4 cm³/mol. The van der Waals surface area contributed by atoms with Crippen LogP contribution in [0, 0.1) is 0 Å². The van der Waals surface area contributed by atoms with Crippen molar-refractivity contribution < 1.29 is 9.84 Å². The van der Waals surface area contributed by atoms with E-state index < -0.39 is 5.72 Å². The molecule has 1 aliphatic heterocycles. The molecule has 0 saturated carbocycles. The van der Waals surface area contributed by atoms with Crippen LogP contribution in [0.5, 0.6) is 0 Å². The molecule has 98 valence electrons. The molecule has 0 aromatic heterocycles. The Morgan fingerprint density at radius 2 is 2.11 bits per heavy atom. The van der Waals surface area contributed by atoms with Crippen molar-refractivity contribution in [2.45, 2.75) is 25.8 Å². The third kappa shape index (κ3) is 2.85. The van der Waals surface area contributed by atoms with Crippen LogP contribution in [0.25, 0.3) is 0 Å². The Kier molecular flexibility index (Phi) is 4.27. The third-order valence-corrected chi connectivity index (χ3v) is 4.75. The maximum Gasteiger partial charge on any atom is 0.145 e. The van der Waals surface area contributed by atoms with Gasteiger partial charge in [0, 0.05) is 19.4 Å². The quantitative estimate of drug-likeness (QED) is 0.858. The number of benzene rings is 1. The van der Waals surface area contributed by atoms with Gasteiger partial charge in [-0.3, -0.25) is 0 Å². The first-order valence-electron chi connectivity index (χ1n) is 5.77. The van der Waals surface area contributed by atoms with Crippen LogP contribution < -0.4 is 0 Å². The summed E-state index contributed by atoms with van der Waals surface area (Å²) in [6.07, 6.45) is 0. The Labute approximate surface area is 117 Å². The molecule has 5 heteroatoms. The SMILES string of the molecule is COCc1ccccc1CN1C(=S)SCC1(C)O. The molecule has 1 aromatic carbocycles. The van der Waals surface area contributed by atoms with Gasteiger partial charge >= 0.3 is 0 Å². The van der Waals surface area contributed by atoms with Crippen LogP contribution in [-0.4, -0.2) is 32.9 Å². The zero-order valence-electron chi connectivity index (χ0n) is 10.5. The highest BCUT2D eigenvalue weighted by atomic mass is 32.2. The molecular formula is C13H17NO2S2. The van der Waals surface area contributed by atoms with Crippen molar-refractivity contribution in [2.75, 3.05) is 12.9 Å². The number of nitrogens with zero attached hydrogens (tertiary/aromatic N) is 1. The average Bonchev–Trinajstić information content (AvgIpc) is 2.59. The fourth-order valence-corrected chi connectivity index (χ4v) is 3.37. The standard InChI is InChI=1S/C13H17NO2S2/c1-13(15)9-18-12(17)14(13)7-10-5-3-4-6-11(10)8-16-2/h3-6,15H,7-9H2,1-2H3. The first kappa shape index (κ1) is 13.8. The van der Waals surface area contributed by atoms with E-state index in [2.05, 4.69) is 6.07 Å². The van der Waals surface area contributed by atoms with Gasteiger partial charge in [0.05, 0.1) is 6.61 Å². The van der Waals surface area contributed by atoms with Crippen LogP contribution in [0.15, 0.2) is 24.3 Å². The summed E-state index contributed by atoms with van der Waals surface area (Å²) in [6.45, 7) is 3.00. The van der Waals surface area contributed by atoms with E-state index >= 15 is 0 Å². The molecule has 1 aromatic rings. The van der Waals surface area contributed by atoms with Gasteiger partial charge in [0.25, 0.3) is 0 Å². The molecule has 1 heterocycles. The second kappa shape index (κ2) is 5.57. The number of aliphatic hydroxyl groups is 1. The minimum absolute atomic E-state index is 0.575. The highest BCUT2D eigenvalue weighted by Crippen LogP contribution is 2.33. The van der Waals surface area contributed by atoms with Crippen molar-refractivity contribution >= 4 is 28.3 Å². The zero-order chi connectivity index (χ0) is 13.2. The normalized spacial score (nSPS) is 23.7. The maximum absolute atomic E-state index is 10.3. The highest BCUT2D eigenvalue weighted by molar-refractivity contribution is 8.23. The molecule has 2 rings (SSSR count). The number of thiocarbonyl (C=S) groups is 1. The lowest BCUT2D eigenvalue weighted by atomic mass is 10.1. The number of hydrogen-bond acceptors (Lipinski definition) is 4. The van der Waals surface area contributed by atoms with E-state index in [0.29, 0.717) is 18.9 Å². The number of rotatable bonds is 4. The molecule has 0 bridgehead atoms. The molecule has 1 aliphatic rings. The van der Waals surface area contributed by atoms with E-state index in [9.17, 15) is 5.11 Å². The van der Waals surface area contributed by atoms with Gasteiger partial charge in [0.2, 0.25) is 0 Å². The maximum atomic E-state index is 10.3. The fraction of sp³-hybridized carbons (Fsp3) is 0.462. The highest BCUT2D eigenvalue weighted by Gasteiger charge is 2.38. The van der Waals surface area contributed by atoms with Gasteiger partial charge in [-0.1, -0.05) is 48.2 Å². The largest absolute Gasteiger partial charge is 0.380 e. The van der Waals surface area contributed by atoms with Gasteiger partial charge in [-0.2, -0.15) is 0 Å². The Bertz CT molecular complexity index is 448. The van der Waals surface area contributed by atoms with Gasteiger partial charge in [-0.25, -0.2) is 0 Å². The molecule has 0 aliphatic carbocycles. The number of methoxy groups -OCH3 is 1. The second-order valence-electron chi connectivity index (χ2n) is 4.56. The summed E-state index contributed by atoms with van der Waals surface area (Å²) in [6, 6.07) is 8.08. The summed E-state index contributed by atoms with van der Waals surface area (Å²) in [7, 11) is 1.68. The molecule has 1 N–H and O–H groups in total. The Morgan fingerprint density at radius 1 is 1.44 bits per heavy atom. The third-order valence-electron chi connectivity index (χ3n) is 3.02. The lowest BCUT2D eigenvalue weighted by Gasteiger charge is -2.31. The molecule has 1 saturated heterocycles. The Balaban J connectivity index is 2.21. The van der Waals surface area contributed by atoms with Crippen molar-refractivity contribution in [3.63, 3.8) is 0 Å². The van der Waals surface area contributed by atoms with Gasteiger partial charge in [-0.05, 0) is 18.1 Å². The minimum Gasteiger partial charge on any atom is -0.380 e. The zero-order valence-corrected chi connectivity index (χ0v) is 12.2. The van der Waals surface area contributed by atoms with E-state index in [-0.39, 0.29) is 0 Å². The van der Waals surface area contributed by atoms with Crippen LogP contribution in [-0.2, 0) is 17.9 Å². The second-order valence-corrected chi connectivity index (χ2v) is 6.17. The summed E-state index contributed by atoms with van der Waals surface area (Å²) in [5.41, 5.74) is 1.42. The van der Waals surface area contributed by atoms with Crippen molar-refractivity contribution in [2.24, 2.45) is 0 Å². The molecular weight excluding hydrogens is 266 g/mol. The van der Waals surface area contributed by atoms with Crippen LogP contribution in [0.1, 0.15) is 18.1 Å². The molecule has 1 fully saturated rings. The van der Waals surface area contributed by atoms with E-state index in [1.54, 1.807) is 14.0 Å². The first-order chi connectivity index (χ1) is 8.54. The van der Waals surface area contributed by atoms with Crippen LogP contribution >= 0.6 is 24.0 Å². The molecule has 18 heavy (non-hydrogen) atoms. The van der Waals surface area contributed by atoms with E-state index in [0.717, 1.165) is 15.4 Å². The molecule has 3 nitrogen and oxygen atoms in total. The van der Waals surface area contributed by atoms with E-state index in [4.69, 9.17) is 17.0 Å². The minimum atomic E-state index is -0.859. The van der Waals surface area contributed by atoms with E-state index in [1.807, 2.05) is 23.1 Å². The lowest BCUT2D eigenvalue weighted by Crippen LogP contribution is -2.43. The molecule has 1 unspecified atom stereocenters. The molecule has 1 atom stereocenters. The van der Waals surface area contributed by atoms with Crippen molar-refractivity contribution in [3.8, 4) is 0 Å². The lowest BCUT2D eigenvalue weighted by molar-refractivity contribution is -0.0273. The predicted octanol–water partition coefficient (Wildman–Crippen LogP) is 2.38. The summed E-state index contributed by atoms with van der Waals surface area (Å²) in [4.78, 5) is 1.88. The van der Waals surface area contributed by atoms with Crippen LogP contribution in [0.2, 0.25) is 0 Å². The summed E-state index contributed by atoms with van der Waals surface area (Å²) in [5, 5.41) is 10.3. The molecule has 0 spiro atoms. The van der Waals surface area contributed by atoms with Gasteiger partial charge in [0.1, 0.15) is 10.0 Å². The van der Waals surface area contributed by atoms with Gasteiger partial charge in [0.15, 0.2) is 0 Å². The van der Waals surface area contributed by atoms with Crippen LogP contribution in [0.4, 0.5) is 0 Å². The van der Waals surface area contributed by atoms with Crippen molar-refractivity contribution in [1.82, 2.24) is 4.90 Å². The number of ether oxygens (including phenoxy) is 1. The van der Waals surface area contributed by atoms with E-state index in [1.165, 1.54) is 11.8 Å². The molecule has 0 radical (unpaired) electrons. The number of hydrogen-bond donors (Lipinski definition) is 1. The fourth-order valence-electron chi connectivity index (χ4n) is 1.96. The van der Waals surface area contributed by atoms with Crippen molar-refractivity contribution in [3.05, 3.63) is 35.4 Å². The first-order valence-corrected chi connectivity index (χ1v) is 7.16. The molecule has 0 amide bonds. The summed E-state index contributed by atoms with van der Waals surface area (Å²) in [5.74, 6) is 0.623.